The maximum absolute atomic E-state index is 9.28. The Morgan fingerprint density at radius 3 is 2.62 bits per heavy atom. The van der Waals surface area contributed by atoms with E-state index in [4.69, 9.17) is 5.73 Å². The first-order valence-electron chi connectivity index (χ1n) is 7.58. The number of anilines is 2. The second-order valence-corrected chi connectivity index (χ2v) is 5.47. The lowest BCUT2D eigenvalue weighted by molar-refractivity contribution is 0.273. The van der Waals surface area contributed by atoms with Gasteiger partial charge in [-0.05, 0) is 17.7 Å². The molecule has 0 aliphatic rings. The van der Waals surface area contributed by atoms with Crippen LogP contribution in [0, 0.1) is 0 Å². The van der Waals surface area contributed by atoms with Crippen molar-refractivity contribution in [2.45, 2.75) is 13.2 Å². The first-order chi connectivity index (χ1) is 11.7. The molecule has 24 heavy (non-hydrogen) atoms. The number of rotatable bonds is 4. The van der Waals surface area contributed by atoms with E-state index < -0.39 is 0 Å². The minimum absolute atomic E-state index is 0.193. The topological polar surface area (TPSA) is 113 Å². The van der Waals surface area contributed by atoms with Crippen LogP contribution in [0.1, 0.15) is 11.4 Å². The predicted molar refractivity (Wildman–Crippen MR) is 93.3 cm³/mol. The molecule has 4 rings (SSSR count). The molecule has 0 aliphatic heterocycles. The summed E-state index contributed by atoms with van der Waals surface area (Å²) in [5.74, 6) is 1.51. The van der Waals surface area contributed by atoms with Crippen molar-refractivity contribution in [3.05, 3.63) is 53.9 Å². The van der Waals surface area contributed by atoms with Gasteiger partial charge in [0.25, 0.3) is 0 Å². The first-order valence-corrected chi connectivity index (χ1v) is 7.58. The van der Waals surface area contributed by atoms with Gasteiger partial charge in [0.1, 0.15) is 40.6 Å². The molecule has 0 amide bonds. The Morgan fingerprint density at radius 2 is 1.83 bits per heavy atom. The SMILES string of the molecule is Nc1nc2ccc(NCc3ccccc3)nc2c2nc(CO)[nH]c12. The van der Waals surface area contributed by atoms with Crippen LogP contribution in [-0.4, -0.2) is 25.0 Å². The molecular weight excluding hydrogens is 304 g/mol. The van der Waals surface area contributed by atoms with E-state index in [0.29, 0.717) is 40.3 Å². The molecule has 3 aromatic heterocycles. The first kappa shape index (κ1) is 14.4. The Hall–Kier alpha value is -3.19. The van der Waals surface area contributed by atoms with Crippen molar-refractivity contribution < 1.29 is 5.11 Å². The summed E-state index contributed by atoms with van der Waals surface area (Å²) >= 11 is 0. The minimum Gasteiger partial charge on any atom is -0.388 e. The second kappa shape index (κ2) is 5.78. The number of benzene rings is 1. The van der Waals surface area contributed by atoms with Crippen molar-refractivity contribution in [1.29, 1.82) is 0 Å². The number of fused-ring (bicyclic) bond motifs is 3. The number of pyridine rings is 2. The van der Waals surface area contributed by atoms with Gasteiger partial charge in [-0.3, -0.25) is 0 Å². The number of hydrogen-bond acceptors (Lipinski definition) is 6. The van der Waals surface area contributed by atoms with Gasteiger partial charge in [-0.25, -0.2) is 15.0 Å². The number of aliphatic hydroxyl groups is 1. The van der Waals surface area contributed by atoms with E-state index >= 15 is 0 Å². The molecule has 7 nitrogen and oxygen atoms in total. The van der Waals surface area contributed by atoms with Crippen LogP contribution < -0.4 is 11.1 Å². The third-order valence-electron chi connectivity index (χ3n) is 3.81. The number of hydrogen-bond donors (Lipinski definition) is 4. The molecule has 1 aromatic carbocycles. The van der Waals surface area contributed by atoms with E-state index in [1.165, 1.54) is 5.56 Å². The molecule has 0 saturated carbocycles. The Morgan fingerprint density at radius 1 is 1.00 bits per heavy atom. The minimum atomic E-state index is -0.193. The summed E-state index contributed by atoms with van der Waals surface area (Å²) < 4.78 is 0. The molecule has 7 heteroatoms. The van der Waals surface area contributed by atoms with Crippen LogP contribution in [0.3, 0.4) is 0 Å². The Kier molecular flexibility index (Phi) is 3.47. The van der Waals surface area contributed by atoms with E-state index in [9.17, 15) is 5.11 Å². The molecule has 0 fully saturated rings. The highest BCUT2D eigenvalue weighted by Gasteiger charge is 2.13. The molecule has 0 bridgehead atoms. The summed E-state index contributed by atoms with van der Waals surface area (Å²) in [6, 6.07) is 13.8. The molecular formula is C17H16N6O. The molecule has 4 aromatic rings. The zero-order valence-electron chi connectivity index (χ0n) is 12.8. The van der Waals surface area contributed by atoms with Crippen molar-refractivity contribution in [3.8, 4) is 0 Å². The van der Waals surface area contributed by atoms with Crippen molar-refractivity contribution >= 4 is 33.7 Å². The molecule has 3 heterocycles. The molecule has 0 aliphatic carbocycles. The third kappa shape index (κ3) is 2.50. The van der Waals surface area contributed by atoms with E-state index in [-0.39, 0.29) is 6.61 Å². The fourth-order valence-electron chi connectivity index (χ4n) is 2.64. The lowest BCUT2D eigenvalue weighted by Gasteiger charge is -2.07. The van der Waals surface area contributed by atoms with Gasteiger partial charge < -0.3 is 21.1 Å². The lowest BCUT2D eigenvalue weighted by Crippen LogP contribution is -2.02. The molecule has 0 radical (unpaired) electrons. The van der Waals surface area contributed by atoms with Gasteiger partial charge in [0.15, 0.2) is 0 Å². The fourth-order valence-corrected chi connectivity index (χ4v) is 2.64. The maximum Gasteiger partial charge on any atom is 0.150 e. The van der Waals surface area contributed by atoms with Crippen LogP contribution >= 0.6 is 0 Å². The highest BCUT2D eigenvalue weighted by molar-refractivity contribution is 6.04. The fraction of sp³-hybridized carbons (Fsp3) is 0.118. The number of imidazole rings is 1. The summed E-state index contributed by atoms with van der Waals surface area (Å²) in [6.45, 7) is 0.481. The molecule has 0 atom stereocenters. The van der Waals surface area contributed by atoms with E-state index in [1.54, 1.807) is 0 Å². The van der Waals surface area contributed by atoms with Crippen molar-refractivity contribution in [2.24, 2.45) is 0 Å². The van der Waals surface area contributed by atoms with Gasteiger partial charge in [-0.15, -0.1) is 0 Å². The Balaban J connectivity index is 1.74. The van der Waals surface area contributed by atoms with E-state index in [0.717, 1.165) is 5.82 Å². The van der Waals surface area contributed by atoms with Gasteiger partial charge in [0.2, 0.25) is 0 Å². The highest BCUT2D eigenvalue weighted by atomic mass is 16.3. The molecule has 120 valence electrons. The lowest BCUT2D eigenvalue weighted by atomic mass is 10.2. The van der Waals surface area contributed by atoms with Crippen LogP contribution in [0.5, 0.6) is 0 Å². The van der Waals surface area contributed by atoms with Crippen LogP contribution in [0.25, 0.3) is 22.1 Å². The summed E-state index contributed by atoms with van der Waals surface area (Å²) in [5.41, 5.74) is 9.65. The van der Waals surface area contributed by atoms with Crippen LogP contribution in [0.4, 0.5) is 11.6 Å². The van der Waals surface area contributed by atoms with Gasteiger partial charge in [0.05, 0.1) is 5.52 Å². The zero-order chi connectivity index (χ0) is 16.5. The number of aromatic nitrogens is 4. The average Bonchev–Trinajstić information content (AvgIpc) is 3.07. The number of aromatic amines is 1. The van der Waals surface area contributed by atoms with Gasteiger partial charge >= 0.3 is 0 Å². The molecule has 0 saturated heterocycles. The number of aliphatic hydroxyl groups excluding tert-OH is 1. The smallest absolute Gasteiger partial charge is 0.150 e. The Bertz CT molecular complexity index is 1010. The summed E-state index contributed by atoms with van der Waals surface area (Å²) in [6.07, 6.45) is 0. The van der Waals surface area contributed by atoms with Gasteiger partial charge in [0, 0.05) is 6.54 Å². The third-order valence-corrected chi connectivity index (χ3v) is 3.81. The van der Waals surface area contributed by atoms with Crippen molar-refractivity contribution in [3.63, 3.8) is 0 Å². The highest BCUT2D eigenvalue weighted by Crippen LogP contribution is 2.26. The van der Waals surface area contributed by atoms with E-state index in [2.05, 4.69) is 37.4 Å². The quantitative estimate of drug-likeness (QED) is 0.458. The number of nitrogens with two attached hydrogens (primary N) is 1. The normalized spacial score (nSPS) is 11.2. The summed E-state index contributed by atoms with van der Waals surface area (Å²) in [4.78, 5) is 16.3. The molecule has 0 unspecified atom stereocenters. The van der Waals surface area contributed by atoms with E-state index in [1.807, 2.05) is 30.3 Å². The van der Waals surface area contributed by atoms with Crippen LogP contribution in [0.15, 0.2) is 42.5 Å². The number of H-pyrrole nitrogens is 1. The number of nitrogen functional groups attached to an aromatic ring is 1. The number of nitrogens with zero attached hydrogens (tertiary/aromatic N) is 3. The zero-order valence-corrected chi connectivity index (χ0v) is 12.8. The predicted octanol–water partition coefficient (Wildman–Crippen LogP) is 2.19. The van der Waals surface area contributed by atoms with Crippen LogP contribution in [0.2, 0.25) is 0 Å². The van der Waals surface area contributed by atoms with Crippen LogP contribution in [-0.2, 0) is 13.2 Å². The largest absolute Gasteiger partial charge is 0.388 e. The maximum atomic E-state index is 9.28. The van der Waals surface area contributed by atoms with Gasteiger partial charge in [-0.1, -0.05) is 30.3 Å². The standard InChI is InChI=1S/C17H16N6O/c18-17-16-15(22-13(9-24)23-16)14-11(20-17)6-7-12(21-14)19-8-10-4-2-1-3-5-10/h1-7,24H,8-9H2,(H2,18,20)(H,19,21)(H,22,23). The van der Waals surface area contributed by atoms with Crippen molar-refractivity contribution in [2.75, 3.05) is 11.1 Å². The average molecular weight is 320 g/mol. The Labute approximate surface area is 137 Å². The van der Waals surface area contributed by atoms with Gasteiger partial charge in [-0.2, -0.15) is 0 Å². The summed E-state index contributed by atoms with van der Waals surface area (Å²) in [7, 11) is 0. The monoisotopic (exact) mass is 320 g/mol. The summed E-state index contributed by atoms with van der Waals surface area (Å²) in [5, 5.41) is 12.6. The molecule has 0 spiro atoms. The van der Waals surface area contributed by atoms with Crippen molar-refractivity contribution in [1.82, 2.24) is 19.9 Å². The molecule has 5 N–H and O–H groups in total. The second-order valence-electron chi connectivity index (χ2n) is 5.47. The number of nitrogens with one attached hydrogen (secondary N) is 2.